The number of carbonyl (C=O) groups is 1. The summed E-state index contributed by atoms with van der Waals surface area (Å²) in [5, 5.41) is 0. The van der Waals surface area contributed by atoms with Crippen LogP contribution in [-0.4, -0.2) is 32.3 Å². The van der Waals surface area contributed by atoms with Gasteiger partial charge in [-0.25, -0.2) is 4.79 Å². The van der Waals surface area contributed by atoms with Gasteiger partial charge in [-0.2, -0.15) is 0 Å². The number of nitrogens with zero attached hydrogens (tertiary/aromatic N) is 1. The number of hydrogen-bond acceptors (Lipinski definition) is 5. The third kappa shape index (κ3) is 5.80. The van der Waals surface area contributed by atoms with E-state index in [1.165, 1.54) is 6.42 Å². The largest absolute Gasteiger partial charge is 0.497 e. The Morgan fingerprint density at radius 1 is 0.975 bits per heavy atom. The minimum Gasteiger partial charge on any atom is -0.497 e. The molecule has 2 fully saturated rings. The zero-order valence-electron chi connectivity index (χ0n) is 24.1. The van der Waals surface area contributed by atoms with Crippen molar-refractivity contribution in [3.05, 3.63) is 102 Å². The molecule has 0 N–H and O–H groups in total. The summed E-state index contributed by atoms with van der Waals surface area (Å²) in [7, 11) is 1.65. The molecule has 5 heteroatoms. The Hall–Kier alpha value is -3.57. The lowest BCUT2D eigenvalue weighted by molar-refractivity contribution is -0.187. The van der Waals surface area contributed by atoms with Crippen LogP contribution in [0.2, 0.25) is 0 Å². The first kappa shape index (κ1) is 28.0. The van der Waals surface area contributed by atoms with Crippen molar-refractivity contribution in [3.8, 4) is 5.75 Å². The average molecular weight is 540 g/mol. The summed E-state index contributed by atoms with van der Waals surface area (Å²) in [5.41, 5.74) is 2.37. The highest BCUT2D eigenvalue weighted by Crippen LogP contribution is 2.43. The van der Waals surface area contributed by atoms with Gasteiger partial charge in [0.25, 0.3) is 5.72 Å². The van der Waals surface area contributed by atoms with Crippen LogP contribution in [0.25, 0.3) is 6.08 Å². The number of anilines is 1. The molecule has 0 bridgehead atoms. The molecule has 1 saturated heterocycles. The van der Waals surface area contributed by atoms with E-state index in [0.29, 0.717) is 30.9 Å². The molecule has 1 aliphatic carbocycles. The van der Waals surface area contributed by atoms with Crippen molar-refractivity contribution in [1.82, 2.24) is 0 Å². The topological polar surface area (TPSA) is 48.0 Å². The van der Waals surface area contributed by atoms with Gasteiger partial charge in [-0.05, 0) is 66.0 Å². The van der Waals surface area contributed by atoms with E-state index in [9.17, 15) is 4.79 Å². The van der Waals surface area contributed by atoms with Gasteiger partial charge in [0, 0.05) is 17.8 Å². The maximum Gasteiger partial charge on any atom is 0.365 e. The van der Waals surface area contributed by atoms with Crippen LogP contribution < -0.4 is 9.64 Å². The summed E-state index contributed by atoms with van der Waals surface area (Å²) in [4.78, 5) is 16.7. The Bertz CT molecular complexity index is 1290. The molecule has 1 aliphatic heterocycles. The minimum absolute atomic E-state index is 0.139. The third-order valence-electron chi connectivity index (χ3n) is 8.42. The Kier molecular flexibility index (Phi) is 8.60. The molecule has 0 unspecified atom stereocenters. The molecule has 0 radical (unpaired) electrons. The summed E-state index contributed by atoms with van der Waals surface area (Å²) in [6.45, 7) is 7.55. The summed E-state index contributed by atoms with van der Waals surface area (Å²) < 4.78 is 18.7. The number of methoxy groups -OCH3 is 1. The van der Waals surface area contributed by atoms with E-state index in [4.69, 9.17) is 14.2 Å². The van der Waals surface area contributed by atoms with Crippen molar-refractivity contribution in [1.29, 1.82) is 0 Å². The first-order valence-electron chi connectivity index (χ1n) is 14.5. The minimum atomic E-state index is -1.42. The number of esters is 1. The van der Waals surface area contributed by atoms with E-state index in [2.05, 4.69) is 43.9 Å². The monoisotopic (exact) mass is 539 g/mol. The summed E-state index contributed by atoms with van der Waals surface area (Å²) in [5.74, 6) is 1.69. The first-order chi connectivity index (χ1) is 19.4. The van der Waals surface area contributed by atoms with E-state index < -0.39 is 5.72 Å². The van der Waals surface area contributed by atoms with Crippen LogP contribution in [0.15, 0.2) is 90.5 Å². The second-order valence-corrected chi connectivity index (χ2v) is 11.6. The highest BCUT2D eigenvalue weighted by atomic mass is 16.6. The smallest absolute Gasteiger partial charge is 0.365 e. The van der Waals surface area contributed by atoms with Gasteiger partial charge in [0.05, 0.1) is 13.7 Å². The SMILES string of the molecule is COc1ccc(N2C/C(=C/c3ccccc3)CO[C@]2(C(=O)O[C@@H]2C[C@H](C)CC[C@H]2C(C)C)c2ccccc2)cc1. The van der Waals surface area contributed by atoms with E-state index >= 15 is 0 Å². The lowest BCUT2D eigenvalue weighted by Crippen LogP contribution is -2.60. The molecule has 1 saturated carbocycles. The summed E-state index contributed by atoms with van der Waals surface area (Å²) >= 11 is 0. The van der Waals surface area contributed by atoms with Gasteiger partial charge in [-0.15, -0.1) is 0 Å². The first-order valence-corrected chi connectivity index (χ1v) is 14.5. The normalized spacial score (nSPS) is 26.1. The second kappa shape index (κ2) is 12.3. The lowest BCUT2D eigenvalue weighted by atomic mass is 9.75. The van der Waals surface area contributed by atoms with Crippen molar-refractivity contribution in [2.75, 3.05) is 25.2 Å². The molecule has 5 nitrogen and oxygen atoms in total. The predicted octanol–water partition coefficient (Wildman–Crippen LogP) is 7.47. The predicted molar refractivity (Wildman–Crippen MR) is 160 cm³/mol. The molecule has 0 spiro atoms. The van der Waals surface area contributed by atoms with Crippen LogP contribution in [0, 0.1) is 17.8 Å². The molecule has 1 heterocycles. The maximum atomic E-state index is 14.6. The molecular formula is C35H41NO4. The number of rotatable bonds is 7. The standard InChI is InChI=1S/C35H41NO4/c1-25(2)32-20-15-26(3)21-33(32)40-34(37)35(29-13-9-6-10-14-29)36(30-16-18-31(38-4)19-17-30)23-28(24-39-35)22-27-11-7-5-8-12-27/h5-14,16-19,22,25-26,32-33H,15,20-21,23-24H2,1-4H3/b28-22-/t26-,32+,33-,35+/m1/s1. The fraction of sp³-hybridized carbons (Fsp3) is 0.400. The molecule has 40 heavy (non-hydrogen) atoms. The third-order valence-corrected chi connectivity index (χ3v) is 8.42. The van der Waals surface area contributed by atoms with Crippen LogP contribution in [0.4, 0.5) is 5.69 Å². The Morgan fingerprint density at radius 3 is 2.30 bits per heavy atom. The Balaban J connectivity index is 1.58. The molecule has 2 aliphatic rings. The number of benzene rings is 3. The fourth-order valence-corrected chi connectivity index (χ4v) is 6.20. The molecule has 210 valence electrons. The Labute approximate surface area is 238 Å². The molecule has 0 amide bonds. The zero-order valence-corrected chi connectivity index (χ0v) is 24.1. The van der Waals surface area contributed by atoms with Crippen LogP contribution in [0.3, 0.4) is 0 Å². The van der Waals surface area contributed by atoms with Gasteiger partial charge in [0.1, 0.15) is 11.9 Å². The van der Waals surface area contributed by atoms with Crippen LogP contribution in [-0.2, 0) is 20.0 Å². The van der Waals surface area contributed by atoms with Gasteiger partial charge in [-0.1, -0.05) is 93.9 Å². The Morgan fingerprint density at radius 2 is 1.65 bits per heavy atom. The van der Waals surface area contributed by atoms with Crippen LogP contribution in [0.5, 0.6) is 5.75 Å². The van der Waals surface area contributed by atoms with Crippen molar-refractivity contribution < 1.29 is 19.0 Å². The zero-order chi connectivity index (χ0) is 28.1. The van der Waals surface area contributed by atoms with Gasteiger partial charge >= 0.3 is 5.97 Å². The van der Waals surface area contributed by atoms with Crippen molar-refractivity contribution >= 4 is 17.7 Å². The van der Waals surface area contributed by atoms with E-state index in [1.807, 2.05) is 72.8 Å². The van der Waals surface area contributed by atoms with Gasteiger partial charge < -0.3 is 19.1 Å². The van der Waals surface area contributed by atoms with Crippen molar-refractivity contribution in [2.45, 2.75) is 51.9 Å². The van der Waals surface area contributed by atoms with Crippen LogP contribution in [0.1, 0.15) is 51.2 Å². The number of hydrogen-bond donors (Lipinski definition) is 0. The fourth-order valence-electron chi connectivity index (χ4n) is 6.20. The maximum absolute atomic E-state index is 14.6. The molecule has 0 aromatic heterocycles. The lowest BCUT2D eigenvalue weighted by Gasteiger charge is -2.48. The van der Waals surface area contributed by atoms with E-state index in [1.54, 1.807) is 7.11 Å². The number of carbonyl (C=O) groups excluding carboxylic acids is 1. The quantitative estimate of drug-likeness (QED) is 0.292. The van der Waals surface area contributed by atoms with Crippen molar-refractivity contribution in [2.24, 2.45) is 17.8 Å². The van der Waals surface area contributed by atoms with Gasteiger partial charge in [-0.3, -0.25) is 0 Å². The van der Waals surface area contributed by atoms with Crippen molar-refractivity contribution in [3.63, 3.8) is 0 Å². The number of ether oxygens (including phenoxy) is 3. The molecule has 3 aromatic rings. The highest BCUT2D eigenvalue weighted by Gasteiger charge is 2.53. The highest BCUT2D eigenvalue weighted by molar-refractivity contribution is 5.86. The molecule has 5 rings (SSSR count). The van der Waals surface area contributed by atoms with Gasteiger partial charge in [0.15, 0.2) is 0 Å². The van der Waals surface area contributed by atoms with Gasteiger partial charge in [0.2, 0.25) is 0 Å². The summed E-state index contributed by atoms with van der Waals surface area (Å²) in [6.07, 6.45) is 5.12. The van der Waals surface area contributed by atoms with E-state index in [-0.39, 0.29) is 12.1 Å². The second-order valence-electron chi connectivity index (χ2n) is 11.6. The summed E-state index contributed by atoms with van der Waals surface area (Å²) in [6, 6.07) is 27.8. The molecule has 4 atom stereocenters. The molecular weight excluding hydrogens is 498 g/mol. The molecule has 3 aromatic carbocycles. The average Bonchev–Trinajstić information content (AvgIpc) is 2.98. The van der Waals surface area contributed by atoms with Crippen LogP contribution >= 0.6 is 0 Å². The van der Waals surface area contributed by atoms with E-state index in [0.717, 1.165) is 41.0 Å².